The molecule has 0 saturated carbocycles. The zero-order valence-corrected chi connectivity index (χ0v) is 18.7. The van der Waals surface area contributed by atoms with Gasteiger partial charge in [0.1, 0.15) is 6.04 Å². The normalized spacial score (nSPS) is 11.4. The van der Waals surface area contributed by atoms with E-state index in [1.807, 2.05) is 55.5 Å². The summed E-state index contributed by atoms with van der Waals surface area (Å²) < 4.78 is 0. The molecule has 170 valence electrons. The van der Waals surface area contributed by atoms with Crippen LogP contribution < -0.4 is 16.0 Å². The molecule has 0 spiro atoms. The minimum Gasteiger partial charge on any atom is -0.340 e. The molecule has 6 nitrogen and oxygen atoms in total. The highest BCUT2D eigenvalue weighted by molar-refractivity contribution is 6.10. The molecule has 6 heteroatoms. The Labute approximate surface area is 198 Å². The molecule has 1 atom stereocenters. The quantitative estimate of drug-likeness (QED) is 0.359. The highest BCUT2D eigenvalue weighted by Crippen LogP contribution is 2.20. The molecular formula is C28H25N3O3. The lowest BCUT2D eigenvalue weighted by Gasteiger charge is -2.18. The van der Waals surface area contributed by atoms with E-state index in [1.165, 1.54) is 0 Å². The third-order valence-electron chi connectivity index (χ3n) is 5.50. The molecule has 0 bridgehead atoms. The maximum Gasteiger partial charge on any atom is 0.255 e. The number of hydrogen-bond acceptors (Lipinski definition) is 3. The number of benzene rings is 4. The number of hydrogen-bond donors (Lipinski definition) is 3. The van der Waals surface area contributed by atoms with Crippen molar-refractivity contribution >= 4 is 39.9 Å². The van der Waals surface area contributed by atoms with E-state index in [4.69, 9.17) is 0 Å². The van der Waals surface area contributed by atoms with E-state index < -0.39 is 11.9 Å². The first-order valence-electron chi connectivity index (χ1n) is 11.1. The Bertz CT molecular complexity index is 1340. The molecular weight excluding hydrogens is 426 g/mol. The molecule has 0 heterocycles. The smallest absolute Gasteiger partial charge is 0.255 e. The van der Waals surface area contributed by atoms with Crippen LogP contribution in [0.25, 0.3) is 10.8 Å². The summed E-state index contributed by atoms with van der Waals surface area (Å²) in [5.41, 5.74) is 1.80. The first kappa shape index (κ1) is 22.7. The lowest BCUT2D eigenvalue weighted by atomic mass is 10.1. The summed E-state index contributed by atoms with van der Waals surface area (Å²) in [6.45, 7) is 1.83. The Balaban J connectivity index is 1.46. The second-order valence-electron chi connectivity index (χ2n) is 7.85. The predicted octanol–water partition coefficient (Wildman–Crippen LogP) is 5.24. The van der Waals surface area contributed by atoms with E-state index in [9.17, 15) is 14.4 Å². The number of carbonyl (C=O) groups excluding carboxylic acids is 3. The van der Waals surface area contributed by atoms with Gasteiger partial charge in [0, 0.05) is 11.3 Å². The van der Waals surface area contributed by atoms with Gasteiger partial charge < -0.3 is 16.0 Å². The molecule has 4 rings (SSSR count). The summed E-state index contributed by atoms with van der Waals surface area (Å²) in [6, 6.07) is 28.3. The summed E-state index contributed by atoms with van der Waals surface area (Å²) in [4.78, 5) is 38.5. The summed E-state index contributed by atoms with van der Waals surface area (Å²) in [6.07, 6.45) is 0.406. The van der Waals surface area contributed by atoms with E-state index in [-0.39, 0.29) is 17.4 Å². The summed E-state index contributed by atoms with van der Waals surface area (Å²) in [5.74, 6) is -1.07. The van der Waals surface area contributed by atoms with Crippen LogP contribution in [-0.2, 0) is 4.79 Å². The van der Waals surface area contributed by atoms with Crippen LogP contribution in [0.2, 0.25) is 0 Å². The van der Waals surface area contributed by atoms with Gasteiger partial charge in [-0.15, -0.1) is 0 Å². The zero-order valence-electron chi connectivity index (χ0n) is 18.7. The van der Waals surface area contributed by atoms with Gasteiger partial charge in [0.2, 0.25) is 5.91 Å². The van der Waals surface area contributed by atoms with Gasteiger partial charge in [0.15, 0.2) is 0 Å². The molecule has 0 saturated heterocycles. The summed E-state index contributed by atoms with van der Waals surface area (Å²) >= 11 is 0. The van der Waals surface area contributed by atoms with E-state index in [0.29, 0.717) is 23.4 Å². The molecule has 34 heavy (non-hydrogen) atoms. The van der Waals surface area contributed by atoms with E-state index in [1.54, 1.807) is 48.5 Å². The predicted molar refractivity (Wildman–Crippen MR) is 135 cm³/mol. The third-order valence-corrected chi connectivity index (χ3v) is 5.50. The molecule has 4 aromatic carbocycles. The first-order chi connectivity index (χ1) is 16.5. The van der Waals surface area contributed by atoms with Crippen molar-refractivity contribution in [2.24, 2.45) is 0 Å². The van der Waals surface area contributed by atoms with Gasteiger partial charge in [-0.05, 0) is 53.6 Å². The topological polar surface area (TPSA) is 87.3 Å². The largest absolute Gasteiger partial charge is 0.340 e. The standard InChI is InChI=1S/C28H25N3O3/c1-2-24(28(34)29-22-17-16-19-10-6-7-13-21(19)18-22)30-27(33)23-14-8-9-15-25(23)31-26(32)20-11-4-3-5-12-20/h3-18,24H,2H2,1H3,(H,29,34)(H,30,33)(H,31,32)/t24-/m1/s1. The molecule has 0 fully saturated rings. The number of rotatable bonds is 7. The van der Waals surface area contributed by atoms with Gasteiger partial charge >= 0.3 is 0 Å². The molecule has 0 aromatic heterocycles. The summed E-state index contributed by atoms with van der Waals surface area (Å²) in [5, 5.41) is 10.6. The Morgan fingerprint density at radius 3 is 2.15 bits per heavy atom. The van der Waals surface area contributed by atoms with Crippen LogP contribution in [0.5, 0.6) is 0 Å². The van der Waals surface area contributed by atoms with Crippen molar-refractivity contribution in [2.45, 2.75) is 19.4 Å². The number of nitrogens with one attached hydrogen (secondary N) is 3. The Kier molecular flexibility index (Phi) is 6.98. The van der Waals surface area contributed by atoms with Crippen LogP contribution in [0, 0.1) is 0 Å². The van der Waals surface area contributed by atoms with E-state index in [0.717, 1.165) is 10.8 Å². The van der Waals surface area contributed by atoms with Crippen molar-refractivity contribution in [1.29, 1.82) is 0 Å². The molecule has 0 aliphatic heterocycles. The number of fused-ring (bicyclic) bond motifs is 1. The highest BCUT2D eigenvalue weighted by atomic mass is 16.2. The number of carbonyl (C=O) groups is 3. The van der Waals surface area contributed by atoms with Crippen LogP contribution in [0.3, 0.4) is 0 Å². The van der Waals surface area contributed by atoms with Crippen LogP contribution in [0.1, 0.15) is 34.1 Å². The number of anilines is 2. The maximum atomic E-state index is 13.0. The number of para-hydroxylation sites is 1. The lowest BCUT2D eigenvalue weighted by Crippen LogP contribution is -2.43. The molecule has 0 unspecified atom stereocenters. The number of amides is 3. The molecule has 0 radical (unpaired) electrons. The highest BCUT2D eigenvalue weighted by Gasteiger charge is 2.22. The summed E-state index contributed by atoms with van der Waals surface area (Å²) in [7, 11) is 0. The van der Waals surface area contributed by atoms with Crippen LogP contribution in [-0.4, -0.2) is 23.8 Å². The Morgan fingerprint density at radius 2 is 1.38 bits per heavy atom. The van der Waals surface area contributed by atoms with Crippen molar-refractivity contribution < 1.29 is 14.4 Å². The van der Waals surface area contributed by atoms with E-state index >= 15 is 0 Å². The zero-order chi connectivity index (χ0) is 23.9. The Morgan fingerprint density at radius 1 is 0.706 bits per heavy atom. The van der Waals surface area contributed by atoms with E-state index in [2.05, 4.69) is 16.0 Å². The minimum atomic E-state index is -0.739. The SMILES string of the molecule is CC[C@@H](NC(=O)c1ccccc1NC(=O)c1ccccc1)C(=O)Nc1ccc2ccccc2c1. The second-order valence-corrected chi connectivity index (χ2v) is 7.85. The van der Waals surface area contributed by atoms with Crippen molar-refractivity contribution in [1.82, 2.24) is 5.32 Å². The molecule has 3 amide bonds. The molecule has 0 aliphatic rings. The van der Waals surface area contributed by atoms with Crippen molar-refractivity contribution in [3.8, 4) is 0 Å². The van der Waals surface area contributed by atoms with Gasteiger partial charge in [0.25, 0.3) is 11.8 Å². The van der Waals surface area contributed by atoms with Crippen molar-refractivity contribution in [3.63, 3.8) is 0 Å². The first-order valence-corrected chi connectivity index (χ1v) is 11.1. The molecule has 4 aromatic rings. The van der Waals surface area contributed by atoms with Gasteiger partial charge in [-0.2, -0.15) is 0 Å². The molecule has 3 N–H and O–H groups in total. The average Bonchev–Trinajstić information content (AvgIpc) is 2.87. The van der Waals surface area contributed by atoms with Gasteiger partial charge in [-0.3, -0.25) is 14.4 Å². The van der Waals surface area contributed by atoms with Gasteiger partial charge in [-0.25, -0.2) is 0 Å². The Hall–Kier alpha value is -4.45. The van der Waals surface area contributed by atoms with Crippen molar-refractivity contribution in [2.75, 3.05) is 10.6 Å². The van der Waals surface area contributed by atoms with Crippen LogP contribution in [0.4, 0.5) is 11.4 Å². The minimum absolute atomic E-state index is 0.281. The maximum absolute atomic E-state index is 13.0. The fraction of sp³-hybridized carbons (Fsp3) is 0.107. The van der Waals surface area contributed by atoms with Gasteiger partial charge in [0.05, 0.1) is 11.3 Å². The van der Waals surface area contributed by atoms with Crippen LogP contribution >= 0.6 is 0 Å². The second kappa shape index (κ2) is 10.4. The molecule has 0 aliphatic carbocycles. The third kappa shape index (κ3) is 5.30. The fourth-order valence-electron chi connectivity index (χ4n) is 3.66. The monoisotopic (exact) mass is 451 g/mol. The average molecular weight is 452 g/mol. The van der Waals surface area contributed by atoms with Crippen molar-refractivity contribution in [3.05, 3.63) is 108 Å². The lowest BCUT2D eigenvalue weighted by molar-refractivity contribution is -0.118. The van der Waals surface area contributed by atoms with Crippen LogP contribution in [0.15, 0.2) is 97.1 Å². The van der Waals surface area contributed by atoms with Gasteiger partial charge in [-0.1, -0.05) is 67.6 Å². The fourth-order valence-corrected chi connectivity index (χ4v) is 3.66.